The number of hydrogen-bond acceptors (Lipinski definition) is 2. The van der Waals surface area contributed by atoms with Gasteiger partial charge in [0.1, 0.15) is 0 Å². The molecule has 1 aliphatic rings. The van der Waals surface area contributed by atoms with Crippen LogP contribution < -0.4 is 5.73 Å². The predicted octanol–water partition coefficient (Wildman–Crippen LogP) is 1.00. The van der Waals surface area contributed by atoms with E-state index in [9.17, 15) is 9.59 Å². The van der Waals surface area contributed by atoms with E-state index in [1.165, 1.54) is 0 Å². The lowest BCUT2D eigenvalue weighted by molar-refractivity contribution is -0.128. The molecule has 2 heterocycles. The molecule has 0 spiro atoms. The molecule has 3 rings (SSSR count). The van der Waals surface area contributed by atoms with E-state index in [4.69, 9.17) is 5.73 Å². The number of para-hydroxylation sites is 1. The van der Waals surface area contributed by atoms with Crippen molar-refractivity contribution >= 4 is 22.7 Å². The number of aromatic nitrogens is 1. The molecule has 0 aliphatic carbocycles. The molecule has 98 valence electrons. The second-order valence-corrected chi connectivity index (χ2v) is 4.96. The lowest BCUT2D eigenvalue weighted by atomic mass is 10.1. The lowest BCUT2D eigenvalue weighted by Gasteiger charge is -2.14. The summed E-state index contributed by atoms with van der Waals surface area (Å²) < 4.78 is 0. The molecule has 0 radical (unpaired) electrons. The molecule has 5 heteroatoms. The van der Waals surface area contributed by atoms with Crippen molar-refractivity contribution in [3.8, 4) is 0 Å². The summed E-state index contributed by atoms with van der Waals surface area (Å²) in [5.41, 5.74) is 7.27. The fraction of sp³-hybridized carbons (Fsp3) is 0.286. The number of amides is 2. The normalized spacial score (nSPS) is 19.3. The van der Waals surface area contributed by atoms with Crippen molar-refractivity contribution in [1.82, 2.24) is 9.88 Å². The zero-order chi connectivity index (χ0) is 13.4. The molecule has 5 nitrogen and oxygen atoms in total. The Labute approximate surface area is 110 Å². The number of fused-ring (bicyclic) bond motifs is 1. The third kappa shape index (κ3) is 2.19. The smallest absolute Gasteiger partial charge is 0.223 e. The second kappa shape index (κ2) is 4.42. The van der Waals surface area contributed by atoms with Crippen LogP contribution >= 0.6 is 0 Å². The highest BCUT2D eigenvalue weighted by atomic mass is 16.2. The summed E-state index contributed by atoms with van der Waals surface area (Å²) in [5.74, 6) is -0.758. The van der Waals surface area contributed by atoms with Crippen LogP contribution in [0.25, 0.3) is 10.9 Å². The highest BCUT2D eigenvalue weighted by molar-refractivity contribution is 5.88. The van der Waals surface area contributed by atoms with Gasteiger partial charge in [-0.05, 0) is 17.5 Å². The zero-order valence-corrected chi connectivity index (χ0v) is 10.4. The molecule has 1 unspecified atom stereocenters. The molecule has 0 bridgehead atoms. The Hall–Kier alpha value is -2.30. The first kappa shape index (κ1) is 11.8. The molecule has 1 aliphatic heterocycles. The molecule has 1 aromatic heterocycles. The zero-order valence-electron chi connectivity index (χ0n) is 10.4. The van der Waals surface area contributed by atoms with Crippen LogP contribution in [0.2, 0.25) is 0 Å². The number of carbonyl (C=O) groups is 2. The summed E-state index contributed by atoms with van der Waals surface area (Å²) in [5, 5.41) is 1.12. The Morgan fingerprint density at radius 2 is 2.21 bits per heavy atom. The van der Waals surface area contributed by atoms with Gasteiger partial charge in [-0.1, -0.05) is 18.2 Å². The Balaban J connectivity index is 1.78. The van der Waals surface area contributed by atoms with E-state index < -0.39 is 5.91 Å². The standard InChI is InChI=1S/C14H15N3O2/c15-14(19)10-6-13(18)17(7-10)8-11-5-9-3-1-2-4-12(9)16-11/h1-5,10,16H,6-8H2,(H2,15,19). The van der Waals surface area contributed by atoms with E-state index in [-0.39, 0.29) is 18.2 Å². The van der Waals surface area contributed by atoms with Crippen LogP contribution in [-0.4, -0.2) is 28.2 Å². The molecule has 1 fully saturated rings. The van der Waals surface area contributed by atoms with E-state index in [2.05, 4.69) is 4.98 Å². The highest BCUT2D eigenvalue weighted by Gasteiger charge is 2.33. The average molecular weight is 257 g/mol. The molecular weight excluding hydrogens is 242 g/mol. The van der Waals surface area contributed by atoms with Crippen molar-refractivity contribution in [2.24, 2.45) is 11.7 Å². The number of aromatic amines is 1. The Morgan fingerprint density at radius 3 is 2.89 bits per heavy atom. The number of carbonyl (C=O) groups excluding carboxylic acids is 2. The third-order valence-corrected chi connectivity index (χ3v) is 3.56. The molecule has 2 aromatic rings. The van der Waals surface area contributed by atoms with E-state index in [0.29, 0.717) is 13.1 Å². The first-order chi connectivity index (χ1) is 9.13. The fourth-order valence-electron chi connectivity index (χ4n) is 2.54. The predicted molar refractivity (Wildman–Crippen MR) is 71.0 cm³/mol. The fourth-order valence-corrected chi connectivity index (χ4v) is 2.54. The first-order valence-electron chi connectivity index (χ1n) is 6.27. The lowest BCUT2D eigenvalue weighted by Crippen LogP contribution is -2.28. The molecule has 1 aromatic carbocycles. The number of primary amides is 1. The van der Waals surface area contributed by atoms with Crippen molar-refractivity contribution in [3.05, 3.63) is 36.0 Å². The monoisotopic (exact) mass is 257 g/mol. The molecule has 3 N–H and O–H groups in total. The number of nitrogens with one attached hydrogen (secondary N) is 1. The van der Waals surface area contributed by atoms with E-state index in [1.54, 1.807) is 4.90 Å². The van der Waals surface area contributed by atoms with Gasteiger partial charge in [0, 0.05) is 24.2 Å². The first-order valence-corrected chi connectivity index (χ1v) is 6.27. The quantitative estimate of drug-likeness (QED) is 0.860. The number of likely N-dealkylation sites (tertiary alicyclic amines) is 1. The van der Waals surface area contributed by atoms with Gasteiger partial charge in [0.25, 0.3) is 0 Å². The molecular formula is C14H15N3O2. The van der Waals surface area contributed by atoms with Crippen molar-refractivity contribution < 1.29 is 9.59 Å². The van der Waals surface area contributed by atoms with Crippen LogP contribution in [-0.2, 0) is 16.1 Å². The molecule has 2 amide bonds. The Bertz CT molecular complexity index is 614. The summed E-state index contributed by atoms with van der Waals surface area (Å²) in [7, 11) is 0. The Kier molecular flexibility index (Phi) is 2.74. The van der Waals surface area contributed by atoms with Gasteiger partial charge < -0.3 is 15.6 Å². The van der Waals surface area contributed by atoms with Gasteiger partial charge in [0.05, 0.1) is 12.5 Å². The highest BCUT2D eigenvalue weighted by Crippen LogP contribution is 2.21. The van der Waals surface area contributed by atoms with Gasteiger partial charge >= 0.3 is 0 Å². The van der Waals surface area contributed by atoms with Gasteiger partial charge in [-0.2, -0.15) is 0 Å². The summed E-state index contributed by atoms with van der Waals surface area (Å²) in [6, 6.07) is 9.99. The van der Waals surface area contributed by atoms with Gasteiger partial charge in [0.2, 0.25) is 11.8 Å². The van der Waals surface area contributed by atoms with Gasteiger partial charge in [-0.15, -0.1) is 0 Å². The minimum absolute atomic E-state index is 0.0116. The molecule has 1 atom stereocenters. The number of benzene rings is 1. The van der Waals surface area contributed by atoms with Crippen LogP contribution in [0.15, 0.2) is 30.3 Å². The molecule has 19 heavy (non-hydrogen) atoms. The van der Waals surface area contributed by atoms with Crippen molar-refractivity contribution in [2.45, 2.75) is 13.0 Å². The van der Waals surface area contributed by atoms with E-state index in [0.717, 1.165) is 16.6 Å². The largest absolute Gasteiger partial charge is 0.369 e. The van der Waals surface area contributed by atoms with Crippen molar-refractivity contribution in [3.63, 3.8) is 0 Å². The van der Waals surface area contributed by atoms with Gasteiger partial charge in [-0.3, -0.25) is 9.59 Å². The number of nitrogens with zero attached hydrogens (tertiary/aromatic N) is 1. The Morgan fingerprint density at radius 1 is 1.42 bits per heavy atom. The van der Waals surface area contributed by atoms with E-state index in [1.807, 2.05) is 30.3 Å². The summed E-state index contributed by atoms with van der Waals surface area (Å²) in [6.45, 7) is 0.917. The van der Waals surface area contributed by atoms with Crippen molar-refractivity contribution in [2.75, 3.05) is 6.54 Å². The molecule has 0 saturated carbocycles. The summed E-state index contributed by atoms with van der Waals surface area (Å²) >= 11 is 0. The minimum Gasteiger partial charge on any atom is -0.369 e. The topological polar surface area (TPSA) is 79.2 Å². The minimum atomic E-state index is -0.396. The third-order valence-electron chi connectivity index (χ3n) is 3.56. The van der Waals surface area contributed by atoms with Crippen molar-refractivity contribution in [1.29, 1.82) is 0 Å². The number of nitrogens with two attached hydrogens (primary N) is 1. The van der Waals surface area contributed by atoms with Crippen LogP contribution in [0.1, 0.15) is 12.1 Å². The van der Waals surface area contributed by atoms with Crippen LogP contribution in [0.4, 0.5) is 0 Å². The van der Waals surface area contributed by atoms with E-state index >= 15 is 0 Å². The maximum atomic E-state index is 11.8. The maximum Gasteiger partial charge on any atom is 0.223 e. The SMILES string of the molecule is NC(=O)C1CC(=O)N(Cc2cc3ccccc3[nH]2)C1. The van der Waals surface area contributed by atoms with Crippen LogP contribution in [0.3, 0.4) is 0 Å². The van der Waals surface area contributed by atoms with Gasteiger partial charge in [-0.25, -0.2) is 0 Å². The second-order valence-electron chi connectivity index (χ2n) is 4.96. The molecule has 1 saturated heterocycles. The summed E-state index contributed by atoms with van der Waals surface area (Å²) in [4.78, 5) is 27.9. The van der Waals surface area contributed by atoms with Gasteiger partial charge in [0.15, 0.2) is 0 Å². The number of hydrogen-bond donors (Lipinski definition) is 2. The number of rotatable bonds is 3. The number of H-pyrrole nitrogens is 1. The average Bonchev–Trinajstić information content (AvgIpc) is 2.93. The van der Waals surface area contributed by atoms with Crippen LogP contribution in [0, 0.1) is 5.92 Å². The summed E-state index contributed by atoms with van der Waals surface area (Å²) in [6.07, 6.45) is 0.232. The maximum absolute atomic E-state index is 11.8. The van der Waals surface area contributed by atoms with Crippen LogP contribution in [0.5, 0.6) is 0 Å².